The van der Waals surface area contributed by atoms with Crippen molar-refractivity contribution >= 4 is 29.0 Å². The summed E-state index contributed by atoms with van der Waals surface area (Å²) >= 11 is 5.94. The topological polar surface area (TPSA) is 82.4 Å². The van der Waals surface area contributed by atoms with Crippen molar-refractivity contribution in [2.45, 2.75) is 18.8 Å². The second kappa shape index (κ2) is 8.91. The average Bonchev–Trinajstić information content (AvgIpc) is 3.15. The molecule has 0 atom stereocenters. The third kappa shape index (κ3) is 5.20. The van der Waals surface area contributed by atoms with Crippen LogP contribution in [0.3, 0.4) is 0 Å². The Hall–Kier alpha value is -3.31. The number of β-amino-alcohol motifs (C(OH)–C–C–N with tert-alkyl or cyclic N) is 1. The first-order chi connectivity index (χ1) is 15.6. The highest BCUT2D eigenvalue weighted by Crippen LogP contribution is 2.30. The molecule has 2 heterocycles. The number of rotatable bonds is 5. The zero-order valence-corrected chi connectivity index (χ0v) is 17.7. The molecule has 3 aromatic rings. The Labute approximate surface area is 190 Å². The molecule has 1 aromatic heterocycles. The number of aliphatic hydroxyl groups excluding tert-OH is 1. The van der Waals surface area contributed by atoms with Crippen LogP contribution in [0.5, 0.6) is 0 Å². The lowest BCUT2D eigenvalue weighted by molar-refractivity contribution is -0.141. The fourth-order valence-corrected chi connectivity index (χ4v) is 3.54. The van der Waals surface area contributed by atoms with Crippen molar-refractivity contribution in [1.29, 1.82) is 0 Å². The van der Waals surface area contributed by atoms with Crippen molar-refractivity contribution in [3.63, 3.8) is 0 Å². The van der Waals surface area contributed by atoms with Gasteiger partial charge in [0.25, 0.3) is 0 Å². The normalized spacial score (nSPS) is 14.2. The molecule has 0 bridgehead atoms. The van der Waals surface area contributed by atoms with Gasteiger partial charge in [-0.3, -0.25) is 0 Å². The molecule has 0 unspecified atom stereocenters. The Morgan fingerprint density at radius 2 is 1.94 bits per heavy atom. The first-order valence-electron chi connectivity index (χ1n) is 9.79. The zero-order chi connectivity index (χ0) is 23.8. The molecule has 3 N–H and O–H groups in total. The van der Waals surface area contributed by atoms with Gasteiger partial charge in [0.15, 0.2) is 5.69 Å². The van der Waals surface area contributed by atoms with Crippen LogP contribution in [0.1, 0.15) is 11.4 Å². The molecular weight excluding hydrogens is 466 g/mol. The van der Waals surface area contributed by atoms with Gasteiger partial charge in [0.2, 0.25) is 0 Å². The van der Waals surface area contributed by atoms with Gasteiger partial charge in [0.1, 0.15) is 5.82 Å². The van der Waals surface area contributed by atoms with Crippen LogP contribution in [-0.4, -0.2) is 40.1 Å². The van der Waals surface area contributed by atoms with E-state index in [-0.39, 0.29) is 17.9 Å². The Bertz CT molecular complexity index is 1180. The highest BCUT2D eigenvalue weighted by atomic mass is 35.5. The van der Waals surface area contributed by atoms with E-state index in [1.807, 2.05) is 0 Å². The number of aromatic nitrogens is 2. The van der Waals surface area contributed by atoms with E-state index in [0.29, 0.717) is 29.5 Å². The van der Waals surface area contributed by atoms with Crippen LogP contribution in [0.2, 0.25) is 5.02 Å². The third-order valence-corrected chi connectivity index (χ3v) is 5.20. The van der Waals surface area contributed by atoms with Crippen LogP contribution < -0.4 is 15.5 Å². The third-order valence-electron chi connectivity index (χ3n) is 4.96. The van der Waals surface area contributed by atoms with Crippen molar-refractivity contribution in [2.75, 3.05) is 23.3 Å². The summed E-state index contributed by atoms with van der Waals surface area (Å²) in [5.41, 5.74) is -0.291. The lowest BCUT2D eigenvalue weighted by Gasteiger charge is -2.38. The van der Waals surface area contributed by atoms with Crippen molar-refractivity contribution < 1.29 is 27.5 Å². The molecule has 0 spiro atoms. The van der Waals surface area contributed by atoms with Gasteiger partial charge in [0, 0.05) is 23.8 Å². The van der Waals surface area contributed by atoms with E-state index in [4.69, 9.17) is 11.6 Å². The molecule has 1 aliphatic heterocycles. The summed E-state index contributed by atoms with van der Waals surface area (Å²) in [6.07, 6.45) is -5.17. The molecule has 1 fully saturated rings. The van der Waals surface area contributed by atoms with E-state index in [1.54, 1.807) is 17.0 Å². The Morgan fingerprint density at radius 3 is 2.58 bits per heavy atom. The number of nitrogens with one attached hydrogen (secondary N) is 2. The van der Waals surface area contributed by atoms with Crippen LogP contribution in [0.25, 0.3) is 5.69 Å². The second-order valence-corrected chi connectivity index (χ2v) is 7.88. The summed E-state index contributed by atoms with van der Waals surface area (Å²) in [4.78, 5) is 13.9. The molecule has 7 nitrogen and oxygen atoms in total. The van der Waals surface area contributed by atoms with E-state index in [9.17, 15) is 27.5 Å². The van der Waals surface area contributed by atoms with Gasteiger partial charge >= 0.3 is 12.2 Å². The fourth-order valence-electron chi connectivity index (χ4n) is 3.35. The number of amides is 2. The molecular formula is C21H18ClF4N5O2. The van der Waals surface area contributed by atoms with Crippen molar-refractivity contribution in [3.8, 4) is 5.69 Å². The average molecular weight is 484 g/mol. The summed E-state index contributed by atoms with van der Waals surface area (Å²) in [6.45, 7) is 0.364. The predicted molar refractivity (Wildman–Crippen MR) is 114 cm³/mol. The summed E-state index contributed by atoms with van der Waals surface area (Å²) in [6, 6.07) is 10.3. The van der Waals surface area contributed by atoms with E-state index >= 15 is 0 Å². The van der Waals surface area contributed by atoms with Gasteiger partial charge in [-0.15, -0.1) is 0 Å². The Kier molecular flexibility index (Phi) is 6.17. The van der Waals surface area contributed by atoms with Crippen LogP contribution in [0.15, 0.2) is 48.5 Å². The molecule has 12 heteroatoms. The zero-order valence-electron chi connectivity index (χ0n) is 16.9. The molecule has 174 valence electrons. The first kappa shape index (κ1) is 22.9. The molecule has 4 rings (SSSR count). The summed E-state index contributed by atoms with van der Waals surface area (Å²) in [5.74, 6) is -0.575. The van der Waals surface area contributed by atoms with E-state index in [1.165, 1.54) is 24.3 Å². The number of anilines is 2. The van der Waals surface area contributed by atoms with Gasteiger partial charge in [-0.1, -0.05) is 17.7 Å². The minimum atomic E-state index is -4.67. The quantitative estimate of drug-likeness (QED) is 0.475. The highest BCUT2D eigenvalue weighted by molar-refractivity contribution is 6.30. The number of alkyl halides is 3. The molecule has 1 aliphatic rings. The molecule has 0 radical (unpaired) electrons. The molecule has 0 aliphatic carbocycles. The largest absolute Gasteiger partial charge is 0.435 e. The summed E-state index contributed by atoms with van der Waals surface area (Å²) < 4.78 is 54.9. The summed E-state index contributed by atoms with van der Waals surface area (Å²) in [7, 11) is 0. The second-order valence-electron chi connectivity index (χ2n) is 7.44. The minimum absolute atomic E-state index is 0.0672. The van der Waals surface area contributed by atoms with E-state index < -0.39 is 29.8 Å². The number of nitrogens with zero attached hydrogens (tertiary/aromatic N) is 3. The number of halogens is 5. The molecule has 33 heavy (non-hydrogen) atoms. The number of benzene rings is 2. The number of hydrogen-bond donors (Lipinski definition) is 3. The van der Waals surface area contributed by atoms with Gasteiger partial charge in [-0.2, -0.15) is 18.3 Å². The highest BCUT2D eigenvalue weighted by Gasteiger charge is 2.35. The molecule has 2 aromatic carbocycles. The fraction of sp³-hybridized carbons (Fsp3) is 0.238. The number of carbonyl (C=O) groups is 1. The number of urea groups is 1. The number of carbonyl (C=O) groups excluding carboxylic acids is 1. The predicted octanol–water partition coefficient (Wildman–Crippen LogP) is 4.19. The van der Waals surface area contributed by atoms with Crippen LogP contribution in [0.4, 0.5) is 33.7 Å². The van der Waals surface area contributed by atoms with Gasteiger partial charge in [-0.05, 0) is 42.5 Å². The van der Waals surface area contributed by atoms with Crippen LogP contribution in [0, 0.1) is 5.82 Å². The lowest BCUT2D eigenvalue weighted by Crippen LogP contribution is -2.51. The molecule has 2 amide bonds. The van der Waals surface area contributed by atoms with Crippen molar-refractivity contribution in [1.82, 2.24) is 15.1 Å². The summed E-state index contributed by atoms with van der Waals surface area (Å²) in [5, 5.41) is 18.1. The number of aliphatic hydroxyl groups is 1. The number of hydrogen-bond acceptors (Lipinski definition) is 4. The Morgan fingerprint density at radius 1 is 1.18 bits per heavy atom. The van der Waals surface area contributed by atoms with Crippen molar-refractivity contribution in [3.05, 3.63) is 70.8 Å². The lowest BCUT2D eigenvalue weighted by atomic mass is 10.1. The minimum Gasteiger partial charge on any atom is -0.389 e. The smallest absolute Gasteiger partial charge is 0.389 e. The maximum Gasteiger partial charge on any atom is 0.435 e. The monoisotopic (exact) mass is 483 g/mol. The van der Waals surface area contributed by atoms with Crippen molar-refractivity contribution in [2.24, 2.45) is 0 Å². The Balaban J connectivity index is 1.46. The first-order valence-corrected chi connectivity index (χ1v) is 10.2. The maximum atomic E-state index is 14.3. The molecule has 1 saturated heterocycles. The van der Waals surface area contributed by atoms with Gasteiger partial charge in [0.05, 0.1) is 29.7 Å². The van der Waals surface area contributed by atoms with Crippen LogP contribution in [-0.2, 0) is 12.7 Å². The van der Waals surface area contributed by atoms with Crippen LogP contribution >= 0.6 is 11.6 Å². The molecule has 0 saturated carbocycles. The van der Waals surface area contributed by atoms with Gasteiger partial charge < -0.3 is 20.6 Å². The maximum absolute atomic E-state index is 14.3. The van der Waals surface area contributed by atoms with E-state index in [0.717, 1.165) is 16.8 Å². The van der Waals surface area contributed by atoms with Gasteiger partial charge in [-0.25, -0.2) is 13.9 Å². The SMILES string of the molecule is O=C(NCc1cc(C(F)(F)F)nn1-c1cccc(Cl)c1)Nc1ccc(N2CC(O)C2)c(F)c1. The van der Waals surface area contributed by atoms with E-state index in [2.05, 4.69) is 15.7 Å². The standard InChI is InChI=1S/C21H18ClF4N5O2/c22-12-2-1-3-14(6-12)31-15(8-19(29-31)21(24,25)26)9-27-20(33)28-13-4-5-18(17(23)7-13)30-10-16(32)11-30/h1-8,16,32H,9-11H2,(H2,27,28,33).